The van der Waals surface area contributed by atoms with Crippen LogP contribution in [-0.4, -0.2) is 27.3 Å². The van der Waals surface area contributed by atoms with E-state index in [2.05, 4.69) is 0 Å². The molecule has 0 N–H and O–H groups in total. The van der Waals surface area contributed by atoms with Crippen molar-refractivity contribution in [2.45, 2.75) is 0 Å². The van der Waals surface area contributed by atoms with Crippen LogP contribution < -0.4 is 18.9 Å². The highest BCUT2D eigenvalue weighted by Crippen LogP contribution is 2.33. The topological polar surface area (TPSA) is 54.0 Å². The molecule has 5 heteroatoms. The van der Waals surface area contributed by atoms with Gasteiger partial charge < -0.3 is 18.9 Å². The molecule has 0 amide bonds. The second-order valence-corrected chi connectivity index (χ2v) is 6.08. The molecule has 148 valence electrons. The van der Waals surface area contributed by atoms with Gasteiger partial charge in [-0.2, -0.15) is 0 Å². The maximum atomic E-state index is 12.8. The molecule has 3 aromatic carbocycles. The van der Waals surface area contributed by atoms with E-state index in [1.165, 1.54) is 21.3 Å². The van der Waals surface area contributed by atoms with E-state index in [-0.39, 0.29) is 5.56 Å². The Balaban J connectivity index is 1.85. The molecule has 0 bridgehead atoms. The second kappa shape index (κ2) is 9.46. The van der Waals surface area contributed by atoms with E-state index in [9.17, 15) is 4.79 Å². The largest absolute Gasteiger partial charge is 0.496 e. The van der Waals surface area contributed by atoms with E-state index < -0.39 is 5.97 Å². The van der Waals surface area contributed by atoms with Gasteiger partial charge in [-0.3, -0.25) is 0 Å². The van der Waals surface area contributed by atoms with Crippen molar-refractivity contribution >= 4 is 18.1 Å². The average molecular weight is 390 g/mol. The highest BCUT2D eigenvalue weighted by Gasteiger charge is 2.21. The third-order valence-electron chi connectivity index (χ3n) is 4.29. The van der Waals surface area contributed by atoms with Gasteiger partial charge >= 0.3 is 5.97 Å². The van der Waals surface area contributed by atoms with E-state index in [0.29, 0.717) is 23.0 Å². The van der Waals surface area contributed by atoms with Crippen molar-refractivity contribution in [3.8, 4) is 23.0 Å². The molecule has 0 aliphatic rings. The predicted molar refractivity (Wildman–Crippen MR) is 113 cm³/mol. The van der Waals surface area contributed by atoms with Gasteiger partial charge in [0.25, 0.3) is 0 Å². The molecule has 0 radical (unpaired) electrons. The Bertz CT molecular complexity index is 987. The predicted octanol–water partition coefficient (Wildman–Crippen LogP) is 5.10. The lowest BCUT2D eigenvalue weighted by Gasteiger charge is -2.14. The summed E-state index contributed by atoms with van der Waals surface area (Å²) in [5, 5.41) is 0. The summed E-state index contributed by atoms with van der Waals surface area (Å²) >= 11 is 0. The van der Waals surface area contributed by atoms with Crippen LogP contribution in [0.2, 0.25) is 0 Å². The fraction of sp³-hybridized carbons (Fsp3) is 0.125. The maximum absolute atomic E-state index is 12.8. The second-order valence-electron chi connectivity index (χ2n) is 6.08. The van der Waals surface area contributed by atoms with Crippen LogP contribution in [0.4, 0.5) is 0 Å². The van der Waals surface area contributed by atoms with Gasteiger partial charge in [0.05, 0.1) is 21.3 Å². The minimum atomic E-state index is -0.592. The molecule has 0 aliphatic heterocycles. The summed E-state index contributed by atoms with van der Waals surface area (Å²) in [6, 6.07) is 20.4. The third kappa shape index (κ3) is 4.76. The number of hydrogen-bond acceptors (Lipinski definition) is 5. The Morgan fingerprint density at radius 1 is 0.655 bits per heavy atom. The Morgan fingerprint density at radius 2 is 1.28 bits per heavy atom. The number of esters is 1. The van der Waals surface area contributed by atoms with Crippen LogP contribution in [0.25, 0.3) is 12.2 Å². The van der Waals surface area contributed by atoms with Crippen molar-refractivity contribution in [3.05, 3.63) is 83.4 Å². The molecule has 0 spiro atoms. The van der Waals surface area contributed by atoms with Gasteiger partial charge in [-0.25, -0.2) is 4.79 Å². The van der Waals surface area contributed by atoms with Crippen molar-refractivity contribution < 1.29 is 23.7 Å². The fourth-order valence-corrected chi connectivity index (χ4v) is 2.83. The summed E-state index contributed by atoms with van der Waals surface area (Å²) in [6.07, 6.45) is 3.97. The summed E-state index contributed by atoms with van der Waals surface area (Å²) in [5.74, 6) is 0.904. The highest BCUT2D eigenvalue weighted by atomic mass is 16.6. The molecular formula is C24H22O5. The Hall–Kier alpha value is -3.73. The van der Waals surface area contributed by atoms with Crippen LogP contribution >= 0.6 is 0 Å². The Labute approximate surface area is 170 Å². The van der Waals surface area contributed by atoms with Gasteiger partial charge in [-0.1, -0.05) is 54.6 Å². The quantitative estimate of drug-likeness (QED) is 0.319. The molecule has 5 nitrogen and oxygen atoms in total. The third-order valence-corrected chi connectivity index (χ3v) is 4.29. The molecule has 3 aromatic rings. The average Bonchev–Trinajstić information content (AvgIpc) is 2.78. The van der Waals surface area contributed by atoms with Crippen LogP contribution in [0, 0.1) is 0 Å². The molecule has 29 heavy (non-hydrogen) atoms. The van der Waals surface area contributed by atoms with E-state index in [1.54, 1.807) is 24.3 Å². The summed E-state index contributed by atoms with van der Waals surface area (Å²) in [6.45, 7) is 0. The molecule has 0 unspecified atom stereocenters. The van der Waals surface area contributed by atoms with Crippen molar-refractivity contribution in [2.24, 2.45) is 0 Å². The zero-order valence-electron chi connectivity index (χ0n) is 16.5. The van der Waals surface area contributed by atoms with Crippen LogP contribution in [0.1, 0.15) is 21.5 Å². The number of benzene rings is 3. The van der Waals surface area contributed by atoms with Crippen LogP contribution in [0.15, 0.2) is 66.7 Å². The molecule has 0 heterocycles. The minimum Gasteiger partial charge on any atom is -0.496 e. The zero-order chi connectivity index (χ0) is 20.6. The first-order valence-corrected chi connectivity index (χ1v) is 9.00. The Kier molecular flexibility index (Phi) is 6.53. The van der Waals surface area contributed by atoms with Gasteiger partial charge in [0.1, 0.15) is 17.1 Å². The summed E-state index contributed by atoms with van der Waals surface area (Å²) in [4.78, 5) is 12.8. The first kappa shape index (κ1) is 20.0. The molecule has 0 saturated heterocycles. The number of carbonyl (C=O) groups is 1. The van der Waals surface area contributed by atoms with E-state index in [0.717, 1.165) is 11.1 Å². The van der Waals surface area contributed by atoms with Crippen LogP contribution in [-0.2, 0) is 0 Å². The fourth-order valence-electron chi connectivity index (χ4n) is 2.83. The van der Waals surface area contributed by atoms with Gasteiger partial charge in [-0.15, -0.1) is 0 Å². The molecule has 0 atom stereocenters. The smallest absolute Gasteiger partial charge is 0.351 e. The monoisotopic (exact) mass is 390 g/mol. The number of methoxy groups -OCH3 is 3. The SMILES string of the molecule is COc1cc(/C=C/c2ccccc2)ccc1OC(=O)c1c(OC)cccc1OC. The number of ether oxygens (including phenoxy) is 4. The molecule has 3 rings (SSSR count). The molecular weight excluding hydrogens is 368 g/mol. The lowest BCUT2D eigenvalue weighted by Crippen LogP contribution is -2.12. The van der Waals surface area contributed by atoms with Crippen LogP contribution in [0.3, 0.4) is 0 Å². The van der Waals surface area contributed by atoms with Crippen molar-refractivity contribution in [2.75, 3.05) is 21.3 Å². The summed E-state index contributed by atoms with van der Waals surface area (Å²) < 4.78 is 21.5. The van der Waals surface area contributed by atoms with Crippen LogP contribution in [0.5, 0.6) is 23.0 Å². The molecule has 0 saturated carbocycles. The molecule has 0 aromatic heterocycles. The number of hydrogen-bond donors (Lipinski definition) is 0. The highest BCUT2D eigenvalue weighted by molar-refractivity contribution is 5.97. The van der Waals surface area contributed by atoms with Gasteiger partial charge in [-0.05, 0) is 35.4 Å². The van der Waals surface area contributed by atoms with Crippen molar-refractivity contribution in [1.82, 2.24) is 0 Å². The van der Waals surface area contributed by atoms with Gasteiger partial charge in [0, 0.05) is 0 Å². The lowest BCUT2D eigenvalue weighted by atomic mass is 10.1. The molecule has 0 aliphatic carbocycles. The minimum absolute atomic E-state index is 0.215. The van der Waals surface area contributed by atoms with E-state index in [1.807, 2.05) is 54.6 Å². The van der Waals surface area contributed by atoms with E-state index >= 15 is 0 Å². The van der Waals surface area contributed by atoms with Crippen molar-refractivity contribution in [1.29, 1.82) is 0 Å². The van der Waals surface area contributed by atoms with Gasteiger partial charge in [0.2, 0.25) is 0 Å². The summed E-state index contributed by atoms with van der Waals surface area (Å²) in [5.41, 5.74) is 2.22. The maximum Gasteiger partial charge on any atom is 0.351 e. The van der Waals surface area contributed by atoms with Gasteiger partial charge in [0.15, 0.2) is 11.5 Å². The summed E-state index contributed by atoms with van der Waals surface area (Å²) in [7, 11) is 4.50. The number of rotatable bonds is 7. The first-order chi connectivity index (χ1) is 14.2. The first-order valence-electron chi connectivity index (χ1n) is 9.00. The molecule has 0 fully saturated rings. The normalized spacial score (nSPS) is 10.6. The standard InChI is InChI=1S/C24H22O5/c1-26-20-10-7-11-21(27-2)23(20)24(25)29-19-15-14-18(16-22(19)28-3)13-12-17-8-5-4-6-9-17/h4-16H,1-3H3/b13-12+. The zero-order valence-corrected chi connectivity index (χ0v) is 16.5. The lowest BCUT2D eigenvalue weighted by molar-refractivity contribution is 0.0722. The number of carbonyl (C=O) groups excluding carboxylic acids is 1. The van der Waals surface area contributed by atoms with E-state index in [4.69, 9.17) is 18.9 Å². The van der Waals surface area contributed by atoms with Crippen molar-refractivity contribution in [3.63, 3.8) is 0 Å². The Morgan fingerprint density at radius 3 is 1.90 bits per heavy atom.